The molecule has 0 aliphatic carbocycles. The van der Waals surface area contributed by atoms with Gasteiger partial charge in [0.25, 0.3) is 5.91 Å². The molecule has 5 nitrogen and oxygen atoms in total. The Balaban J connectivity index is 2.16. The monoisotopic (exact) mass is 352 g/mol. The highest BCUT2D eigenvalue weighted by atomic mass is 16.5. The molecular formula is C21H24N2O3. The number of anilines is 1. The van der Waals surface area contributed by atoms with Gasteiger partial charge in [-0.25, -0.2) is 0 Å². The highest BCUT2D eigenvalue weighted by molar-refractivity contribution is 5.94. The molecule has 2 aromatic rings. The minimum atomic E-state index is -0.203. The largest absolute Gasteiger partial charge is 0.493 e. The molecule has 2 aromatic carbocycles. The Hall–Kier alpha value is -3.00. The number of aryl methyl sites for hydroxylation is 3. The van der Waals surface area contributed by atoms with Crippen LogP contribution in [0, 0.1) is 32.1 Å². The Morgan fingerprint density at radius 2 is 1.85 bits per heavy atom. The van der Waals surface area contributed by atoms with Gasteiger partial charge in [0.2, 0.25) is 0 Å². The fourth-order valence-corrected chi connectivity index (χ4v) is 2.56. The maximum absolute atomic E-state index is 12.7. The van der Waals surface area contributed by atoms with Gasteiger partial charge in [0.15, 0.2) is 18.1 Å². The first-order valence-electron chi connectivity index (χ1n) is 8.48. The summed E-state index contributed by atoms with van der Waals surface area (Å²) >= 11 is 0. The van der Waals surface area contributed by atoms with Crippen molar-refractivity contribution in [1.29, 1.82) is 5.26 Å². The van der Waals surface area contributed by atoms with Crippen LogP contribution in [-0.2, 0) is 4.79 Å². The lowest BCUT2D eigenvalue weighted by atomic mass is 10.1. The van der Waals surface area contributed by atoms with Gasteiger partial charge in [0.05, 0.1) is 19.6 Å². The second-order valence-electron chi connectivity index (χ2n) is 6.17. The van der Waals surface area contributed by atoms with E-state index < -0.39 is 0 Å². The molecular weight excluding hydrogens is 328 g/mol. The number of nitriles is 1. The lowest BCUT2D eigenvalue weighted by Crippen LogP contribution is -2.35. The number of ether oxygens (including phenoxy) is 2. The second kappa shape index (κ2) is 8.91. The summed E-state index contributed by atoms with van der Waals surface area (Å²) < 4.78 is 11.0. The van der Waals surface area contributed by atoms with Gasteiger partial charge in [-0.05, 0) is 61.7 Å². The van der Waals surface area contributed by atoms with Gasteiger partial charge in [-0.1, -0.05) is 12.1 Å². The number of hydrogen-bond donors (Lipinski definition) is 0. The average molecular weight is 352 g/mol. The molecule has 0 N–H and O–H groups in total. The third kappa shape index (κ3) is 4.76. The molecule has 0 heterocycles. The molecule has 0 radical (unpaired) electrons. The van der Waals surface area contributed by atoms with Crippen molar-refractivity contribution in [1.82, 2.24) is 0 Å². The zero-order valence-electron chi connectivity index (χ0n) is 15.7. The van der Waals surface area contributed by atoms with Gasteiger partial charge in [-0.3, -0.25) is 4.79 Å². The fourth-order valence-electron chi connectivity index (χ4n) is 2.56. The number of benzene rings is 2. The maximum Gasteiger partial charge on any atom is 0.264 e. The Morgan fingerprint density at radius 1 is 1.08 bits per heavy atom. The molecule has 2 rings (SSSR count). The molecule has 0 fully saturated rings. The van der Waals surface area contributed by atoms with Crippen LogP contribution in [0.4, 0.5) is 5.69 Å². The van der Waals surface area contributed by atoms with E-state index in [1.54, 1.807) is 18.1 Å². The lowest BCUT2D eigenvalue weighted by Gasteiger charge is -2.23. The van der Waals surface area contributed by atoms with Crippen molar-refractivity contribution in [2.24, 2.45) is 0 Å². The van der Waals surface area contributed by atoms with E-state index in [0.29, 0.717) is 18.0 Å². The number of rotatable bonds is 7. The number of methoxy groups -OCH3 is 1. The molecule has 0 atom stereocenters. The Morgan fingerprint density at radius 3 is 2.50 bits per heavy atom. The minimum Gasteiger partial charge on any atom is -0.493 e. The standard InChI is InChI=1S/C21H24N2O3/c1-15-6-9-19(20(12-15)25-4)26-14-21(24)23(11-5-10-22)18-8-7-16(2)17(3)13-18/h6-9,12-13H,5,11,14H2,1-4H3. The molecule has 0 aliphatic rings. The molecule has 5 heteroatoms. The smallest absolute Gasteiger partial charge is 0.264 e. The quantitative estimate of drug-likeness (QED) is 0.757. The highest BCUT2D eigenvalue weighted by Gasteiger charge is 2.17. The Labute approximate surface area is 154 Å². The van der Waals surface area contributed by atoms with E-state index in [1.807, 2.05) is 51.1 Å². The summed E-state index contributed by atoms with van der Waals surface area (Å²) in [5, 5.41) is 8.91. The summed E-state index contributed by atoms with van der Waals surface area (Å²) in [5.41, 5.74) is 4.07. The average Bonchev–Trinajstić information content (AvgIpc) is 2.63. The van der Waals surface area contributed by atoms with Crippen molar-refractivity contribution >= 4 is 11.6 Å². The minimum absolute atomic E-state index is 0.127. The maximum atomic E-state index is 12.7. The molecule has 0 aromatic heterocycles. The molecule has 0 saturated heterocycles. The van der Waals surface area contributed by atoms with Crippen LogP contribution in [0.2, 0.25) is 0 Å². The van der Waals surface area contributed by atoms with Crippen LogP contribution in [0.15, 0.2) is 36.4 Å². The molecule has 0 unspecified atom stereocenters. The zero-order chi connectivity index (χ0) is 19.1. The molecule has 136 valence electrons. The van der Waals surface area contributed by atoms with Crippen molar-refractivity contribution in [2.75, 3.05) is 25.2 Å². The van der Waals surface area contributed by atoms with Crippen LogP contribution in [-0.4, -0.2) is 26.2 Å². The first kappa shape index (κ1) is 19.3. The number of carbonyl (C=O) groups excluding carboxylic acids is 1. The summed E-state index contributed by atoms with van der Waals surface area (Å²) in [6, 6.07) is 13.5. The van der Waals surface area contributed by atoms with Crippen molar-refractivity contribution in [2.45, 2.75) is 27.2 Å². The number of nitrogens with zero attached hydrogens (tertiary/aromatic N) is 2. The molecule has 1 amide bonds. The number of amides is 1. The summed E-state index contributed by atoms with van der Waals surface area (Å²) in [4.78, 5) is 14.3. The predicted molar refractivity (Wildman–Crippen MR) is 102 cm³/mol. The Kier molecular flexibility index (Phi) is 6.62. The van der Waals surface area contributed by atoms with E-state index in [9.17, 15) is 4.79 Å². The normalized spacial score (nSPS) is 10.1. The summed E-state index contributed by atoms with van der Waals surface area (Å²) in [6.45, 7) is 6.18. The summed E-state index contributed by atoms with van der Waals surface area (Å²) in [7, 11) is 1.57. The van der Waals surface area contributed by atoms with Gasteiger partial charge in [0.1, 0.15) is 0 Å². The Bertz CT molecular complexity index is 824. The van der Waals surface area contributed by atoms with E-state index in [-0.39, 0.29) is 18.9 Å². The molecule has 26 heavy (non-hydrogen) atoms. The van der Waals surface area contributed by atoms with Crippen LogP contribution in [0.5, 0.6) is 11.5 Å². The van der Waals surface area contributed by atoms with E-state index in [1.165, 1.54) is 0 Å². The molecule has 0 saturated carbocycles. The van der Waals surface area contributed by atoms with E-state index >= 15 is 0 Å². The third-order valence-electron chi connectivity index (χ3n) is 4.22. The van der Waals surface area contributed by atoms with E-state index in [2.05, 4.69) is 6.07 Å². The van der Waals surface area contributed by atoms with Crippen molar-refractivity contribution in [3.8, 4) is 17.6 Å². The number of hydrogen-bond acceptors (Lipinski definition) is 4. The van der Waals surface area contributed by atoms with E-state index in [4.69, 9.17) is 14.7 Å². The first-order chi connectivity index (χ1) is 12.5. The van der Waals surface area contributed by atoms with Crippen LogP contribution >= 0.6 is 0 Å². The van der Waals surface area contributed by atoms with E-state index in [0.717, 1.165) is 22.4 Å². The predicted octanol–water partition coefficient (Wildman–Crippen LogP) is 3.95. The van der Waals surface area contributed by atoms with Gasteiger partial charge in [-0.2, -0.15) is 5.26 Å². The second-order valence-corrected chi connectivity index (χ2v) is 6.17. The first-order valence-corrected chi connectivity index (χ1v) is 8.48. The van der Waals surface area contributed by atoms with Gasteiger partial charge in [0, 0.05) is 12.2 Å². The molecule has 0 aliphatic heterocycles. The topological polar surface area (TPSA) is 62.6 Å². The van der Waals surface area contributed by atoms with Crippen LogP contribution in [0.3, 0.4) is 0 Å². The SMILES string of the molecule is COc1cc(C)ccc1OCC(=O)N(CCC#N)c1ccc(C)c(C)c1. The lowest BCUT2D eigenvalue weighted by molar-refractivity contribution is -0.120. The van der Waals surface area contributed by atoms with Crippen molar-refractivity contribution in [3.63, 3.8) is 0 Å². The number of carbonyl (C=O) groups is 1. The molecule has 0 bridgehead atoms. The zero-order valence-corrected chi connectivity index (χ0v) is 15.7. The van der Waals surface area contributed by atoms with Crippen molar-refractivity contribution < 1.29 is 14.3 Å². The summed E-state index contributed by atoms with van der Waals surface area (Å²) in [5.74, 6) is 0.908. The van der Waals surface area contributed by atoms with Gasteiger partial charge >= 0.3 is 0 Å². The van der Waals surface area contributed by atoms with Crippen LogP contribution in [0.1, 0.15) is 23.1 Å². The van der Waals surface area contributed by atoms with Gasteiger partial charge in [-0.15, -0.1) is 0 Å². The third-order valence-corrected chi connectivity index (χ3v) is 4.22. The van der Waals surface area contributed by atoms with Crippen molar-refractivity contribution in [3.05, 3.63) is 53.1 Å². The molecule has 0 spiro atoms. The fraction of sp³-hybridized carbons (Fsp3) is 0.333. The van der Waals surface area contributed by atoms with Crippen LogP contribution in [0.25, 0.3) is 0 Å². The summed E-state index contributed by atoms with van der Waals surface area (Å²) in [6.07, 6.45) is 0.256. The van der Waals surface area contributed by atoms with Crippen LogP contribution < -0.4 is 14.4 Å². The van der Waals surface area contributed by atoms with Gasteiger partial charge < -0.3 is 14.4 Å². The highest BCUT2D eigenvalue weighted by Crippen LogP contribution is 2.28.